The number of nitrogens with one attached hydrogen (secondary N) is 1. The van der Waals surface area contributed by atoms with Gasteiger partial charge in [-0.15, -0.1) is 0 Å². The second-order valence-corrected chi connectivity index (χ2v) is 4.16. The Morgan fingerprint density at radius 3 is 2.33 bits per heavy atom. The number of carbonyl (C=O) groups is 3. The van der Waals surface area contributed by atoms with E-state index in [1.165, 1.54) is 7.11 Å². The standard InChI is InChI=1S/C11H20N2O5/c1-4-11(2,18-3)10(17)13-7(9(15)16)5-6-8(12)14/h7H,4-6H2,1-3H3,(H2,12,14)(H,13,17)(H,15,16)/t7-,11?/m1/s1. The van der Waals surface area contributed by atoms with Crippen LogP contribution >= 0.6 is 0 Å². The average Bonchev–Trinajstić information content (AvgIpc) is 2.32. The summed E-state index contributed by atoms with van der Waals surface area (Å²) >= 11 is 0. The highest BCUT2D eigenvalue weighted by molar-refractivity contribution is 5.89. The van der Waals surface area contributed by atoms with Gasteiger partial charge in [-0.25, -0.2) is 4.79 Å². The van der Waals surface area contributed by atoms with Crippen LogP contribution in [0.1, 0.15) is 33.1 Å². The van der Waals surface area contributed by atoms with E-state index in [9.17, 15) is 14.4 Å². The van der Waals surface area contributed by atoms with Crippen LogP contribution in [0.3, 0.4) is 0 Å². The molecule has 0 aliphatic heterocycles. The Labute approximate surface area is 106 Å². The van der Waals surface area contributed by atoms with E-state index >= 15 is 0 Å². The molecule has 0 spiro atoms. The van der Waals surface area contributed by atoms with Crippen LogP contribution in [0, 0.1) is 0 Å². The summed E-state index contributed by atoms with van der Waals surface area (Å²) in [6.45, 7) is 3.32. The Bertz CT molecular complexity index is 325. The van der Waals surface area contributed by atoms with E-state index in [-0.39, 0.29) is 12.8 Å². The van der Waals surface area contributed by atoms with Crippen LogP contribution in [-0.4, -0.2) is 41.6 Å². The Hall–Kier alpha value is -1.63. The van der Waals surface area contributed by atoms with Gasteiger partial charge in [0.25, 0.3) is 5.91 Å². The number of carboxylic acids is 1. The minimum atomic E-state index is -1.21. The van der Waals surface area contributed by atoms with Crippen LogP contribution in [0.15, 0.2) is 0 Å². The predicted molar refractivity (Wildman–Crippen MR) is 63.7 cm³/mol. The van der Waals surface area contributed by atoms with Crippen molar-refractivity contribution in [2.45, 2.75) is 44.8 Å². The van der Waals surface area contributed by atoms with E-state index in [0.29, 0.717) is 6.42 Å². The molecule has 18 heavy (non-hydrogen) atoms. The largest absolute Gasteiger partial charge is 0.480 e. The Balaban J connectivity index is 4.63. The molecule has 1 unspecified atom stereocenters. The van der Waals surface area contributed by atoms with Crippen LogP contribution in [0.2, 0.25) is 0 Å². The first-order valence-corrected chi connectivity index (χ1v) is 5.64. The van der Waals surface area contributed by atoms with Crippen molar-refractivity contribution in [3.63, 3.8) is 0 Å². The van der Waals surface area contributed by atoms with Crippen molar-refractivity contribution >= 4 is 17.8 Å². The van der Waals surface area contributed by atoms with Crippen molar-refractivity contribution in [2.75, 3.05) is 7.11 Å². The third-order valence-electron chi connectivity index (χ3n) is 2.89. The third-order valence-corrected chi connectivity index (χ3v) is 2.89. The molecular weight excluding hydrogens is 240 g/mol. The molecule has 0 radical (unpaired) electrons. The molecule has 0 bridgehead atoms. The maximum Gasteiger partial charge on any atom is 0.326 e. The quantitative estimate of drug-likeness (QED) is 0.550. The van der Waals surface area contributed by atoms with Gasteiger partial charge in [-0.2, -0.15) is 0 Å². The van der Waals surface area contributed by atoms with Crippen LogP contribution in [0.5, 0.6) is 0 Å². The van der Waals surface area contributed by atoms with Crippen molar-refractivity contribution < 1.29 is 24.2 Å². The molecule has 2 amide bonds. The number of nitrogens with two attached hydrogens (primary N) is 1. The maximum atomic E-state index is 11.9. The first-order chi connectivity index (χ1) is 8.26. The molecule has 0 saturated heterocycles. The van der Waals surface area contributed by atoms with Gasteiger partial charge >= 0.3 is 5.97 Å². The number of methoxy groups -OCH3 is 1. The topological polar surface area (TPSA) is 119 Å². The molecular formula is C11H20N2O5. The zero-order valence-corrected chi connectivity index (χ0v) is 10.9. The molecule has 0 aliphatic rings. The number of carboxylic acid groups (broad SMARTS) is 1. The molecule has 0 aromatic heterocycles. The van der Waals surface area contributed by atoms with E-state index in [2.05, 4.69) is 5.32 Å². The van der Waals surface area contributed by atoms with Crippen LogP contribution < -0.4 is 11.1 Å². The molecule has 0 aromatic carbocycles. The first kappa shape index (κ1) is 16.4. The molecule has 4 N–H and O–H groups in total. The number of hydrogen-bond donors (Lipinski definition) is 3. The van der Waals surface area contributed by atoms with Crippen molar-refractivity contribution in [3.8, 4) is 0 Å². The predicted octanol–water partition coefficient (Wildman–Crippen LogP) is -0.364. The lowest BCUT2D eigenvalue weighted by Gasteiger charge is -2.27. The van der Waals surface area contributed by atoms with Gasteiger partial charge in [-0.05, 0) is 19.8 Å². The molecule has 7 heteroatoms. The first-order valence-electron chi connectivity index (χ1n) is 5.64. The highest BCUT2D eigenvalue weighted by Crippen LogP contribution is 2.14. The number of aliphatic carboxylic acids is 1. The number of rotatable bonds is 8. The SMILES string of the molecule is CCC(C)(OC)C(=O)N[C@H](CCC(N)=O)C(=O)O. The number of hydrogen-bond acceptors (Lipinski definition) is 4. The van der Waals surface area contributed by atoms with E-state index in [0.717, 1.165) is 0 Å². The lowest BCUT2D eigenvalue weighted by molar-refractivity contribution is -0.149. The van der Waals surface area contributed by atoms with Gasteiger partial charge in [0.05, 0.1) is 0 Å². The normalized spacial score (nSPS) is 15.5. The van der Waals surface area contributed by atoms with Crippen LogP contribution in [-0.2, 0) is 19.1 Å². The maximum absolute atomic E-state index is 11.9. The van der Waals surface area contributed by atoms with Gasteiger partial charge in [-0.1, -0.05) is 6.92 Å². The lowest BCUT2D eigenvalue weighted by Crippen LogP contribution is -2.51. The van der Waals surface area contributed by atoms with E-state index in [1.807, 2.05) is 0 Å². The zero-order valence-electron chi connectivity index (χ0n) is 10.9. The monoisotopic (exact) mass is 260 g/mol. The fourth-order valence-corrected chi connectivity index (χ4v) is 1.25. The fraction of sp³-hybridized carbons (Fsp3) is 0.727. The number of amides is 2. The van der Waals surface area contributed by atoms with Gasteiger partial charge in [0.2, 0.25) is 5.91 Å². The summed E-state index contributed by atoms with van der Waals surface area (Å²) in [5.41, 5.74) is 3.86. The van der Waals surface area contributed by atoms with E-state index < -0.39 is 29.4 Å². The number of primary amides is 1. The molecule has 0 saturated carbocycles. The van der Waals surface area contributed by atoms with Gasteiger partial charge in [0, 0.05) is 13.5 Å². The van der Waals surface area contributed by atoms with Gasteiger partial charge in [-0.3, -0.25) is 9.59 Å². The van der Waals surface area contributed by atoms with Gasteiger partial charge in [0.15, 0.2) is 0 Å². The van der Waals surface area contributed by atoms with E-state index in [1.54, 1.807) is 13.8 Å². The average molecular weight is 260 g/mol. The highest BCUT2D eigenvalue weighted by Gasteiger charge is 2.33. The summed E-state index contributed by atoms with van der Waals surface area (Å²) in [5, 5.41) is 11.3. The summed E-state index contributed by atoms with van der Waals surface area (Å²) in [4.78, 5) is 33.4. The zero-order chi connectivity index (χ0) is 14.3. The smallest absolute Gasteiger partial charge is 0.326 e. The minimum absolute atomic E-state index is 0.0418. The molecule has 0 aromatic rings. The molecule has 0 fully saturated rings. The van der Waals surface area contributed by atoms with Crippen molar-refractivity contribution in [2.24, 2.45) is 5.73 Å². The Kier molecular flexibility index (Phi) is 6.32. The summed E-state index contributed by atoms with van der Waals surface area (Å²) in [7, 11) is 1.38. The number of carbonyl (C=O) groups excluding carboxylic acids is 2. The molecule has 104 valence electrons. The second-order valence-electron chi connectivity index (χ2n) is 4.16. The second kappa shape index (κ2) is 6.95. The summed E-state index contributed by atoms with van der Waals surface area (Å²) in [6.07, 6.45) is 0.254. The molecule has 0 rings (SSSR count). The Morgan fingerprint density at radius 2 is 2.00 bits per heavy atom. The third kappa shape index (κ3) is 4.70. The number of ether oxygens (including phenoxy) is 1. The van der Waals surface area contributed by atoms with Crippen LogP contribution in [0.25, 0.3) is 0 Å². The van der Waals surface area contributed by atoms with Crippen molar-refractivity contribution in [1.82, 2.24) is 5.32 Å². The summed E-state index contributed by atoms with van der Waals surface area (Å²) in [5.74, 6) is -2.34. The van der Waals surface area contributed by atoms with Crippen LogP contribution in [0.4, 0.5) is 0 Å². The summed E-state index contributed by atoms with van der Waals surface area (Å²) < 4.78 is 5.06. The van der Waals surface area contributed by atoms with E-state index in [4.69, 9.17) is 15.6 Å². The fourth-order valence-electron chi connectivity index (χ4n) is 1.25. The molecule has 0 aliphatic carbocycles. The summed E-state index contributed by atoms with van der Waals surface area (Å²) in [6, 6.07) is -1.15. The van der Waals surface area contributed by atoms with Gasteiger partial charge < -0.3 is 20.9 Å². The van der Waals surface area contributed by atoms with Gasteiger partial charge in [0.1, 0.15) is 11.6 Å². The molecule has 7 nitrogen and oxygen atoms in total. The lowest BCUT2D eigenvalue weighted by atomic mass is 10.0. The Morgan fingerprint density at radius 1 is 1.44 bits per heavy atom. The van der Waals surface area contributed by atoms with Crippen molar-refractivity contribution in [1.29, 1.82) is 0 Å². The molecule has 2 atom stereocenters. The van der Waals surface area contributed by atoms with Crippen molar-refractivity contribution in [3.05, 3.63) is 0 Å². The molecule has 0 heterocycles. The highest BCUT2D eigenvalue weighted by atomic mass is 16.5. The minimum Gasteiger partial charge on any atom is -0.480 e.